The minimum atomic E-state index is -0.712. The van der Waals surface area contributed by atoms with Crippen LogP contribution < -0.4 is 20.5 Å². The van der Waals surface area contributed by atoms with E-state index in [4.69, 9.17) is 20.2 Å². The lowest BCUT2D eigenvalue weighted by molar-refractivity contribution is 0.188. The maximum atomic E-state index is 7.16. The fraction of sp³-hybridized carbons (Fsp3) is 0.545. The predicted molar refractivity (Wildman–Crippen MR) is 108 cm³/mol. The van der Waals surface area contributed by atoms with E-state index in [2.05, 4.69) is 16.4 Å². The van der Waals surface area contributed by atoms with Crippen molar-refractivity contribution < 1.29 is 9.47 Å². The van der Waals surface area contributed by atoms with Crippen LogP contribution in [0.15, 0.2) is 36.7 Å². The second-order valence-electron chi connectivity index (χ2n) is 7.86. The Balaban J connectivity index is 1.75. The van der Waals surface area contributed by atoms with Crippen LogP contribution in [0.1, 0.15) is 49.8 Å². The SMILES string of the molecule is COc1ccc(C(N)(c2cccnc2)C2CCNCC2)nc1OC1CCCC1. The Morgan fingerprint density at radius 3 is 2.57 bits per heavy atom. The van der Waals surface area contributed by atoms with Gasteiger partial charge in [0.2, 0.25) is 0 Å². The van der Waals surface area contributed by atoms with Crippen LogP contribution in [0.2, 0.25) is 0 Å². The Bertz CT molecular complexity index is 773. The van der Waals surface area contributed by atoms with Crippen molar-refractivity contribution in [1.82, 2.24) is 15.3 Å². The number of aromatic nitrogens is 2. The number of piperidine rings is 1. The average molecular weight is 383 g/mol. The van der Waals surface area contributed by atoms with E-state index >= 15 is 0 Å². The zero-order valence-electron chi connectivity index (χ0n) is 16.6. The van der Waals surface area contributed by atoms with Gasteiger partial charge < -0.3 is 20.5 Å². The van der Waals surface area contributed by atoms with Gasteiger partial charge >= 0.3 is 0 Å². The molecule has 0 radical (unpaired) electrons. The minimum Gasteiger partial charge on any atom is -0.491 e. The molecule has 1 unspecified atom stereocenters. The number of nitrogens with zero attached hydrogens (tertiary/aromatic N) is 2. The van der Waals surface area contributed by atoms with Gasteiger partial charge in [0.1, 0.15) is 6.10 Å². The van der Waals surface area contributed by atoms with Gasteiger partial charge in [-0.15, -0.1) is 0 Å². The first-order chi connectivity index (χ1) is 13.7. The van der Waals surface area contributed by atoms with Crippen molar-refractivity contribution in [3.05, 3.63) is 47.9 Å². The molecular weight excluding hydrogens is 352 g/mol. The molecule has 2 aromatic rings. The molecular formula is C22H30N4O2. The topological polar surface area (TPSA) is 82.3 Å². The van der Waals surface area contributed by atoms with E-state index in [-0.39, 0.29) is 12.0 Å². The lowest BCUT2D eigenvalue weighted by Crippen LogP contribution is -2.49. The van der Waals surface area contributed by atoms with E-state index < -0.39 is 5.54 Å². The molecule has 4 rings (SSSR count). The lowest BCUT2D eigenvalue weighted by atomic mass is 9.72. The second kappa shape index (κ2) is 8.45. The highest BCUT2D eigenvalue weighted by atomic mass is 16.5. The molecule has 6 heteroatoms. The summed E-state index contributed by atoms with van der Waals surface area (Å²) in [7, 11) is 1.65. The molecule has 28 heavy (non-hydrogen) atoms. The Labute approximate surface area is 166 Å². The van der Waals surface area contributed by atoms with Crippen LogP contribution in [0, 0.1) is 5.92 Å². The minimum absolute atomic E-state index is 0.209. The summed E-state index contributed by atoms with van der Waals surface area (Å²) in [6, 6.07) is 7.91. The third kappa shape index (κ3) is 3.71. The van der Waals surface area contributed by atoms with Crippen LogP contribution >= 0.6 is 0 Å². The summed E-state index contributed by atoms with van der Waals surface area (Å²) in [4.78, 5) is 9.24. The predicted octanol–water partition coefficient (Wildman–Crippen LogP) is 3.01. The van der Waals surface area contributed by atoms with Crippen LogP contribution in [0.5, 0.6) is 11.6 Å². The van der Waals surface area contributed by atoms with Crippen molar-refractivity contribution in [2.75, 3.05) is 20.2 Å². The third-order valence-corrected chi connectivity index (χ3v) is 6.17. The second-order valence-corrected chi connectivity index (χ2v) is 7.86. The molecule has 1 aliphatic carbocycles. The first-order valence-electron chi connectivity index (χ1n) is 10.3. The molecule has 2 aliphatic rings. The van der Waals surface area contributed by atoms with Crippen LogP contribution in [0.25, 0.3) is 0 Å². The summed E-state index contributed by atoms with van der Waals surface area (Å²) in [6.45, 7) is 1.93. The highest BCUT2D eigenvalue weighted by Crippen LogP contribution is 2.40. The molecule has 2 fully saturated rings. The maximum Gasteiger partial charge on any atom is 0.257 e. The Kier molecular flexibility index (Phi) is 5.78. The zero-order valence-corrected chi connectivity index (χ0v) is 16.6. The molecule has 6 nitrogen and oxygen atoms in total. The summed E-state index contributed by atoms with van der Waals surface area (Å²) in [5.41, 5.74) is 8.26. The van der Waals surface area contributed by atoms with Crippen LogP contribution in [-0.4, -0.2) is 36.3 Å². The van der Waals surface area contributed by atoms with Crippen LogP contribution in [-0.2, 0) is 5.54 Å². The zero-order chi connectivity index (χ0) is 19.4. The molecule has 0 amide bonds. The quantitative estimate of drug-likeness (QED) is 0.799. The fourth-order valence-electron chi connectivity index (χ4n) is 4.54. The largest absolute Gasteiger partial charge is 0.491 e. The number of hydrogen-bond donors (Lipinski definition) is 2. The van der Waals surface area contributed by atoms with E-state index in [1.165, 1.54) is 12.8 Å². The van der Waals surface area contributed by atoms with Crippen molar-refractivity contribution in [1.29, 1.82) is 0 Å². The van der Waals surface area contributed by atoms with E-state index in [0.29, 0.717) is 11.6 Å². The molecule has 1 aliphatic heterocycles. The highest BCUT2D eigenvalue weighted by Gasteiger charge is 2.41. The standard InChI is InChI=1S/C22H30N4O2/c1-27-19-8-9-20(26-21(19)28-18-6-2-3-7-18)22(23,16-10-13-24-14-11-16)17-5-4-12-25-15-17/h4-5,8-9,12,15-16,18,24H,2-3,6-7,10-11,13-14,23H2,1H3. The Morgan fingerprint density at radius 2 is 1.89 bits per heavy atom. The third-order valence-electron chi connectivity index (χ3n) is 6.17. The summed E-state index contributed by atoms with van der Waals surface area (Å²) >= 11 is 0. The smallest absolute Gasteiger partial charge is 0.257 e. The summed E-state index contributed by atoms with van der Waals surface area (Å²) in [5.74, 6) is 1.49. The van der Waals surface area contributed by atoms with Gasteiger partial charge in [0, 0.05) is 12.4 Å². The number of hydrogen-bond acceptors (Lipinski definition) is 6. The van der Waals surface area contributed by atoms with Gasteiger partial charge in [-0.25, -0.2) is 4.98 Å². The summed E-state index contributed by atoms with van der Waals surface area (Å²) in [5, 5.41) is 3.43. The number of nitrogens with two attached hydrogens (primary N) is 1. The number of ether oxygens (including phenoxy) is 2. The molecule has 1 atom stereocenters. The van der Waals surface area contributed by atoms with E-state index in [9.17, 15) is 0 Å². The van der Waals surface area contributed by atoms with Gasteiger partial charge in [-0.05, 0) is 81.3 Å². The first-order valence-corrected chi connectivity index (χ1v) is 10.3. The normalized spacial score (nSPS) is 20.6. The lowest BCUT2D eigenvalue weighted by Gasteiger charge is -2.40. The van der Waals surface area contributed by atoms with Gasteiger partial charge in [0.25, 0.3) is 5.88 Å². The van der Waals surface area contributed by atoms with Crippen molar-refractivity contribution in [3.63, 3.8) is 0 Å². The van der Waals surface area contributed by atoms with Gasteiger partial charge in [-0.1, -0.05) is 6.07 Å². The number of pyridine rings is 2. The Morgan fingerprint density at radius 1 is 1.11 bits per heavy atom. The fourth-order valence-corrected chi connectivity index (χ4v) is 4.54. The van der Waals surface area contributed by atoms with Crippen molar-refractivity contribution >= 4 is 0 Å². The maximum absolute atomic E-state index is 7.16. The molecule has 0 aromatic carbocycles. The molecule has 150 valence electrons. The van der Waals surface area contributed by atoms with Gasteiger partial charge in [0.05, 0.1) is 18.3 Å². The van der Waals surface area contributed by atoms with Gasteiger partial charge in [-0.2, -0.15) is 0 Å². The monoisotopic (exact) mass is 382 g/mol. The first kappa shape index (κ1) is 19.2. The van der Waals surface area contributed by atoms with Crippen molar-refractivity contribution in [2.45, 2.75) is 50.2 Å². The molecule has 3 N–H and O–H groups in total. The summed E-state index contributed by atoms with van der Waals surface area (Å²) < 4.78 is 11.8. The molecule has 3 heterocycles. The molecule has 0 bridgehead atoms. The van der Waals surface area contributed by atoms with Crippen molar-refractivity contribution in [3.8, 4) is 11.6 Å². The number of rotatable bonds is 6. The van der Waals surface area contributed by atoms with Gasteiger partial charge in [0.15, 0.2) is 5.75 Å². The van der Waals surface area contributed by atoms with E-state index in [0.717, 1.165) is 50.0 Å². The average Bonchev–Trinajstić information content (AvgIpc) is 3.27. The Hall–Kier alpha value is -2.18. The van der Waals surface area contributed by atoms with Gasteiger partial charge in [-0.3, -0.25) is 4.98 Å². The van der Waals surface area contributed by atoms with E-state index in [1.54, 1.807) is 13.3 Å². The van der Waals surface area contributed by atoms with E-state index in [1.807, 2.05) is 24.4 Å². The van der Waals surface area contributed by atoms with Crippen LogP contribution in [0.3, 0.4) is 0 Å². The molecule has 1 saturated heterocycles. The number of nitrogens with one attached hydrogen (secondary N) is 1. The number of methoxy groups -OCH3 is 1. The molecule has 2 aromatic heterocycles. The molecule has 0 spiro atoms. The molecule has 1 saturated carbocycles. The highest BCUT2D eigenvalue weighted by molar-refractivity contribution is 5.41. The van der Waals surface area contributed by atoms with Crippen LogP contribution in [0.4, 0.5) is 0 Å². The van der Waals surface area contributed by atoms with Crippen molar-refractivity contribution in [2.24, 2.45) is 11.7 Å². The summed E-state index contributed by atoms with van der Waals surface area (Å²) in [6.07, 6.45) is 10.4.